The summed E-state index contributed by atoms with van der Waals surface area (Å²) in [7, 11) is 0. The van der Waals surface area contributed by atoms with Crippen LogP contribution < -0.4 is 9.64 Å². The predicted octanol–water partition coefficient (Wildman–Crippen LogP) is 3.06. The molecule has 2 heterocycles. The molecule has 8 nitrogen and oxygen atoms in total. The minimum Gasteiger partial charge on any atom is -0.460 e. The Balaban J connectivity index is 1.78. The second kappa shape index (κ2) is 9.07. The zero-order chi connectivity index (χ0) is 20.0. The first kappa shape index (κ1) is 20.2. The molecule has 1 fully saturated rings. The van der Waals surface area contributed by atoms with E-state index < -0.39 is 5.60 Å². The van der Waals surface area contributed by atoms with Crippen LogP contribution in [0.1, 0.15) is 25.0 Å². The summed E-state index contributed by atoms with van der Waals surface area (Å²) in [6.07, 6.45) is 0. The van der Waals surface area contributed by atoms with Crippen LogP contribution in [0.2, 0.25) is 0 Å². The quantitative estimate of drug-likeness (QED) is 0.737. The Morgan fingerprint density at radius 3 is 2.71 bits per heavy atom. The van der Waals surface area contributed by atoms with Crippen molar-refractivity contribution in [2.24, 2.45) is 10.2 Å². The second-order valence-corrected chi connectivity index (χ2v) is 7.46. The molecule has 0 unspecified atom stereocenters. The minimum absolute atomic E-state index is 0.0828. The molecule has 8 heteroatoms. The molecular weight excluding hydrogens is 358 g/mol. The molecule has 0 radical (unpaired) electrons. The van der Waals surface area contributed by atoms with Crippen LogP contribution in [-0.2, 0) is 11.3 Å². The van der Waals surface area contributed by atoms with Gasteiger partial charge in [0.15, 0.2) is 5.82 Å². The smallest absolute Gasteiger partial charge is 0.320 e. The van der Waals surface area contributed by atoms with Gasteiger partial charge in [0.1, 0.15) is 12.4 Å². The van der Waals surface area contributed by atoms with E-state index in [1.165, 1.54) is 5.56 Å². The van der Waals surface area contributed by atoms with Crippen molar-refractivity contribution in [1.29, 1.82) is 0 Å². The maximum Gasteiger partial charge on any atom is 0.320 e. The van der Waals surface area contributed by atoms with Gasteiger partial charge in [-0.15, -0.1) is 5.11 Å². The van der Waals surface area contributed by atoms with Crippen molar-refractivity contribution in [2.45, 2.75) is 32.9 Å². The third kappa shape index (κ3) is 6.24. The van der Waals surface area contributed by atoms with E-state index in [4.69, 9.17) is 9.47 Å². The van der Waals surface area contributed by atoms with E-state index in [0.29, 0.717) is 31.4 Å². The number of rotatable bonds is 7. The number of aromatic nitrogens is 2. The number of anilines is 1. The molecule has 3 rings (SSSR count). The molecule has 1 N–H and O–H groups in total. The van der Waals surface area contributed by atoms with Gasteiger partial charge in [-0.25, -0.2) is 0 Å². The number of morpholine rings is 1. The average molecular weight is 385 g/mol. The third-order valence-corrected chi connectivity index (χ3v) is 4.08. The number of hydrogen-bond acceptors (Lipinski definition) is 8. The normalized spacial score (nSPS) is 15.2. The number of aliphatic hydroxyl groups is 1. The Morgan fingerprint density at radius 1 is 1.21 bits per heavy atom. The second-order valence-electron chi connectivity index (χ2n) is 7.46. The topological polar surface area (TPSA) is 92.4 Å². The zero-order valence-corrected chi connectivity index (χ0v) is 16.6. The lowest BCUT2D eigenvalue weighted by Crippen LogP contribution is -2.37. The van der Waals surface area contributed by atoms with Crippen molar-refractivity contribution < 1.29 is 14.6 Å². The van der Waals surface area contributed by atoms with Crippen LogP contribution in [0.15, 0.2) is 40.6 Å². The van der Waals surface area contributed by atoms with Gasteiger partial charge in [0.2, 0.25) is 0 Å². The van der Waals surface area contributed by atoms with Crippen molar-refractivity contribution in [3.8, 4) is 6.01 Å². The van der Waals surface area contributed by atoms with Crippen LogP contribution in [0.4, 0.5) is 11.6 Å². The molecule has 0 amide bonds. The monoisotopic (exact) mass is 385 g/mol. The Labute approximate surface area is 165 Å². The summed E-state index contributed by atoms with van der Waals surface area (Å²) >= 11 is 0. The van der Waals surface area contributed by atoms with E-state index in [-0.39, 0.29) is 12.6 Å². The standard InChI is InChI=1S/C20H27N5O3/c1-15-5-4-6-16(11-15)13-21-24-17-12-18(25-7-9-27-10-8-25)23-19(22-17)28-14-20(2,3)26/h4-6,11-12,26H,7-10,13-14H2,1-3H3. The Hall–Kier alpha value is -2.58. The Kier molecular flexibility index (Phi) is 6.53. The minimum atomic E-state index is -0.981. The largest absolute Gasteiger partial charge is 0.460 e. The van der Waals surface area contributed by atoms with Crippen molar-refractivity contribution in [2.75, 3.05) is 37.8 Å². The molecule has 1 aliphatic heterocycles. The molecule has 1 saturated heterocycles. The van der Waals surface area contributed by atoms with Gasteiger partial charge < -0.3 is 19.5 Å². The molecule has 0 aliphatic carbocycles. The molecule has 28 heavy (non-hydrogen) atoms. The van der Waals surface area contributed by atoms with Crippen molar-refractivity contribution in [3.05, 3.63) is 41.5 Å². The van der Waals surface area contributed by atoms with Crippen LogP contribution in [0.3, 0.4) is 0 Å². The molecule has 150 valence electrons. The van der Waals surface area contributed by atoms with Crippen molar-refractivity contribution >= 4 is 11.6 Å². The lowest BCUT2D eigenvalue weighted by atomic mass is 10.1. The number of benzene rings is 1. The van der Waals surface area contributed by atoms with Gasteiger partial charge in [-0.3, -0.25) is 0 Å². The molecule has 0 saturated carbocycles. The Morgan fingerprint density at radius 2 is 2.00 bits per heavy atom. The fraction of sp³-hybridized carbons (Fsp3) is 0.500. The van der Waals surface area contributed by atoms with Gasteiger partial charge >= 0.3 is 6.01 Å². The number of azo groups is 1. The summed E-state index contributed by atoms with van der Waals surface area (Å²) in [6.45, 7) is 8.71. The highest BCUT2D eigenvalue weighted by atomic mass is 16.5. The van der Waals surface area contributed by atoms with Gasteiger partial charge in [0.25, 0.3) is 0 Å². The summed E-state index contributed by atoms with van der Waals surface area (Å²) in [5, 5.41) is 18.4. The average Bonchev–Trinajstić information content (AvgIpc) is 2.67. The van der Waals surface area contributed by atoms with Gasteiger partial charge in [0.05, 0.1) is 25.4 Å². The van der Waals surface area contributed by atoms with Gasteiger partial charge in [-0.1, -0.05) is 29.8 Å². The molecule has 0 spiro atoms. The van der Waals surface area contributed by atoms with Gasteiger partial charge in [-0.2, -0.15) is 15.1 Å². The lowest BCUT2D eigenvalue weighted by molar-refractivity contribution is 0.0250. The van der Waals surface area contributed by atoms with Gasteiger partial charge in [0, 0.05) is 19.2 Å². The highest BCUT2D eigenvalue weighted by Crippen LogP contribution is 2.23. The van der Waals surface area contributed by atoms with E-state index in [0.717, 1.165) is 18.7 Å². The molecule has 0 bridgehead atoms. The highest BCUT2D eigenvalue weighted by molar-refractivity contribution is 5.47. The fourth-order valence-corrected chi connectivity index (χ4v) is 2.71. The maximum absolute atomic E-state index is 9.91. The molecule has 2 aromatic rings. The molecule has 1 aromatic heterocycles. The molecule has 1 aliphatic rings. The lowest BCUT2D eigenvalue weighted by Gasteiger charge is -2.28. The van der Waals surface area contributed by atoms with Crippen molar-refractivity contribution in [1.82, 2.24) is 9.97 Å². The Bertz CT molecular complexity index is 814. The van der Waals surface area contributed by atoms with E-state index in [1.807, 2.05) is 25.1 Å². The predicted molar refractivity (Wildman–Crippen MR) is 106 cm³/mol. The van der Waals surface area contributed by atoms with E-state index >= 15 is 0 Å². The highest BCUT2D eigenvalue weighted by Gasteiger charge is 2.18. The first-order valence-electron chi connectivity index (χ1n) is 9.39. The van der Waals surface area contributed by atoms with Crippen LogP contribution in [0.5, 0.6) is 6.01 Å². The number of ether oxygens (including phenoxy) is 2. The molecule has 0 atom stereocenters. The SMILES string of the molecule is Cc1cccc(CN=Nc2cc(N3CCOCC3)nc(OCC(C)(C)O)n2)c1. The summed E-state index contributed by atoms with van der Waals surface area (Å²) in [5.41, 5.74) is 1.29. The van der Waals surface area contributed by atoms with E-state index in [2.05, 4.69) is 31.2 Å². The summed E-state index contributed by atoms with van der Waals surface area (Å²) in [6, 6.07) is 10.1. The molecule has 1 aromatic carbocycles. The number of hydrogen-bond donors (Lipinski definition) is 1. The van der Waals surface area contributed by atoms with Gasteiger partial charge in [-0.05, 0) is 26.3 Å². The number of aryl methyl sites for hydroxylation is 1. The van der Waals surface area contributed by atoms with Crippen LogP contribution in [0, 0.1) is 6.92 Å². The summed E-state index contributed by atoms with van der Waals surface area (Å²) < 4.78 is 11.0. The zero-order valence-electron chi connectivity index (χ0n) is 16.6. The first-order chi connectivity index (χ1) is 13.4. The van der Waals surface area contributed by atoms with Crippen LogP contribution in [0.25, 0.3) is 0 Å². The summed E-state index contributed by atoms with van der Waals surface area (Å²) in [4.78, 5) is 10.9. The molecular formula is C20H27N5O3. The third-order valence-electron chi connectivity index (χ3n) is 4.08. The maximum atomic E-state index is 9.91. The van der Waals surface area contributed by atoms with Crippen LogP contribution >= 0.6 is 0 Å². The van der Waals surface area contributed by atoms with Crippen molar-refractivity contribution in [3.63, 3.8) is 0 Å². The van der Waals surface area contributed by atoms with E-state index in [9.17, 15) is 5.11 Å². The number of nitrogens with zero attached hydrogens (tertiary/aromatic N) is 5. The van der Waals surface area contributed by atoms with Crippen LogP contribution in [-0.4, -0.2) is 53.6 Å². The van der Waals surface area contributed by atoms with E-state index in [1.54, 1.807) is 19.9 Å². The fourth-order valence-electron chi connectivity index (χ4n) is 2.71. The summed E-state index contributed by atoms with van der Waals surface area (Å²) in [5.74, 6) is 1.14. The first-order valence-corrected chi connectivity index (χ1v) is 9.39.